The van der Waals surface area contributed by atoms with Gasteiger partial charge < -0.3 is 23.7 Å². The maximum atomic E-state index is 12.5. The zero-order valence-electron chi connectivity index (χ0n) is 15.2. The average Bonchev–Trinajstić information content (AvgIpc) is 3.31. The van der Waals surface area contributed by atoms with Crippen molar-refractivity contribution in [3.63, 3.8) is 0 Å². The summed E-state index contributed by atoms with van der Waals surface area (Å²) in [5.74, 6) is 1.36. The van der Waals surface area contributed by atoms with Crippen LogP contribution in [0.5, 0.6) is 0 Å². The third-order valence-corrected chi connectivity index (χ3v) is 5.08. The first-order chi connectivity index (χ1) is 12.5. The Balaban J connectivity index is 1.50. The molecule has 0 unspecified atom stereocenters. The first-order valence-electron chi connectivity index (χ1n) is 8.87. The molecule has 0 spiro atoms. The number of likely N-dealkylation sites (tertiary alicyclic amines) is 1. The lowest BCUT2D eigenvalue weighted by atomic mass is 9.80. The molecule has 3 rings (SSSR count). The molecule has 0 saturated carbocycles. The van der Waals surface area contributed by atoms with Crippen molar-refractivity contribution in [2.45, 2.75) is 38.2 Å². The van der Waals surface area contributed by atoms with E-state index in [0.717, 1.165) is 0 Å². The molecule has 26 heavy (non-hydrogen) atoms. The summed E-state index contributed by atoms with van der Waals surface area (Å²) in [4.78, 5) is 18.5. The number of hydrogen-bond acceptors (Lipinski definition) is 7. The standard InChI is InChI=1S/C18H25N3O5/c1-13-12-21(9-7-18(13,23)8-11-24-2)16(22)6-5-15-19-17(20-26-15)14-4-3-10-25-14/h3-4,10,13,23H,5-9,11-12H2,1-2H3/t13-,18-/m0/s1. The lowest BCUT2D eigenvalue weighted by Crippen LogP contribution is -2.52. The van der Waals surface area contributed by atoms with Gasteiger partial charge in [-0.25, -0.2) is 0 Å². The van der Waals surface area contributed by atoms with Crippen LogP contribution in [-0.2, 0) is 16.0 Å². The van der Waals surface area contributed by atoms with Crippen molar-refractivity contribution in [1.82, 2.24) is 15.0 Å². The van der Waals surface area contributed by atoms with Crippen molar-refractivity contribution in [1.29, 1.82) is 0 Å². The van der Waals surface area contributed by atoms with Crippen LogP contribution in [0.2, 0.25) is 0 Å². The molecular weight excluding hydrogens is 338 g/mol. The predicted molar refractivity (Wildman–Crippen MR) is 92.1 cm³/mol. The average molecular weight is 363 g/mol. The number of carbonyl (C=O) groups is 1. The number of methoxy groups -OCH3 is 1. The summed E-state index contributed by atoms with van der Waals surface area (Å²) in [6, 6.07) is 3.50. The van der Waals surface area contributed by atoms with Crippen molar-refractivity contribution in [3.05, 3.63) is 24.3 Å². The number of piperidine rings is 1. The summed E-state index contributed by atoms with van der Waals surface area (Å²) < 4.78 is 15.5. The fourth-order valence-electron chi connectivity index (χ4n) is 3.28. The quantitative estimate of drug-likeness (QED) is 0.801. The van der Waals surface area contributed by atoms with Crippen LogP contribution in [0.15, 0.2) is 27.3 Å². The molecule has 0 bridgehead atoms. The number of nitrogens with zero attached hydrogens (tertiary/aromatic N) is 3. The minimum atomic E-state index is -0.767. The largest absolute Gasteiger partial charge is 0.461 e. The molecular formula is C18H25N3O5. The highest BCUT2D eigenvalue weighted by Gasteiger charge is 2.39. The van der Waals surface area contributed by atoms with Gasteiger partial charge >= 0.3 is 0 Å². The number of amides is 1. The third-order valence-electron chi connectivity index (χ3n) is 5.08. The van der Waals surface area contributed by atoms with E-state index in [1.54, 1.807) is 30.4 Å². The summed E-state index contributed by atoms with van der Waals surface area (Å²) in [7, 11) is 1.63. The summed E-state index contributed by atoms with van der Waals surface area (Å²) in [5.41, 5.74) is -0.767. The number of ether oxygens (including phenoxy) is 1. The SMILES string of the molecule is COCC[C@@]1(O)CCN(C(=O)CCc2nc(-c3ccco3)no2)C[C@@H]1C. The van der Waals surface area contributed by atoms with Crippen LogP contribution < -0.4 is 0 Å². The van der Waals surface area contributed by atoms with E-state index < -0.39 is 5.60 Å². The van der Waals surface area contributed by atoms with Gasteiger partial charge in [-0.3, -0.25) is 4.79 Å². The number of rotatable bonds is 7. The van der Waals surface area contributed by atoms with Gasteiger partial charge in [-0.2, -0.15) is 4.98 Å². The molecule has 1 N–H and O–H groups in total. The van der Waals surface area contributed by atoms with Gasteiger partial charge in [0.1, 0.15) is 0 Å². The Hall–Kier alpha value is -2.19. The van der Waals surface area contributed by atoms with Gasteiger partial charge in [0, 0.05) is 45.6 Å². The van der Waals surface area contributed by atoms with Gasteiger partial charge in [-0.1, -0.05) is 12.1 Å². The molecule has 3 heterocycles. The van der Waals surface area contributed by atoms with Crippen molar-refractivity contribution >= 4 is 5.91 Å². The molecule has 8 nitrogen and oxygen atoms in total. The molecule has 8 heteroatoms. The molecule has 142 valence electrons. The molecule has 1 fully saturated rings. The van der Waals surface area contributed by atoms with E-state index >= 15 is 0 Å². The molecule has 0 aromatic carbocycles. The summed E-state index contributed by atoms with van der Waals surface area (Å²) >= 11 is 0. The number of furan rings is 1. The predicted octanol–water partition coefficient (Wildman–Crippen LogP) is 1.90. The van der Waals surface area contributed by atoms with Gasteiger partial charge in [0.05, 0.1) is 11.9 Å². The van der Waals surface area contributed by atoms with E-state index in [-0.39, 0.29) is 11.8 Å². The van der Waals surface area contributed by atoms with Crippen molar-refractivity contribution in [2.75, 3.05) is 26.8 Å². The minimum Gasteiger partial charge on any atom is -0.461 e. The van der Waals surface area contributed by atoms with Crippen LogP contribution in [0.25, 0.3) is 11.6 Å². The maximum Gasteiger partial charge on any atom is 0.238 e. The Bertz CT molecular complexity index is 714. The zero-order valence-corrected chi connectivity index (χ0v) is 15.2. The van der Waals surface area contributed by atoms with Gasteiger partial charge in [-0.05, 0) is 25.0 Å². The lowest BCUT2D eigenvalue weighted by Gasteiger charge is -2.43. The Morgan fingerprint density at radius 3 is 3.08 bits per heavy atom. The molecule has 2 atom stereocenters. The number of aryl methyl sites for hydroxylation is 1. The first kappa shape index (κ1) is 18.6. The van der Waals surface area contributed by atoms with E-state index in [4.69, 9.17) is 13.7 Å². The van der Waals surface area contributed by atoms with Crippen molar-refractivity contribution < 1.29 is 23.6 Å². The van der Waals surface area contributed by atoms with Gasteiger partial charge in [0.15, 0.2) is 5.76 Å². The smallest absolute Gasteiger partial charge is 0.238 e. The maximum absolute atomic E-state index is 12.5. The normalized spacial score (nSPS) is 23.3. The van der Waals surface area contributed by atoms with Crippen LogP contribution >= 0.6 is 0 Å². The number of aliphatic hydroxyl groups is 1. The second-order valence-corrected chi connectivity index (χ2v) is 6.83. The van der Waals surface area contributed by atoms with Gasteiger partial charge in [-0.15, -0.1) is 0 Å². The first-order valence-corrected chi connectivity index (χ1v) is 8.87. The van der Waals surface area contributed by atoms with E-state index in [0.29, 0.717) is 62.9 Å². The van der Waals surface area contributed by atoms with Crippen LogP contribution in [0, 0.1) is 5.92 Å². The summed E-state index contributed by atoms with van der Waals surface area (Å²) in [5, 5.41) is 14.6. The fourth-order valence-corrected chi connectivity index (χ4v) is 3.28. The molecule has 1 amide bonds. The molecule has 1 saturated heterocycles. The minimum absolute atomic E-state index is 0.00399. The molecule has 1 aliphatic heterocycles. The number of aromatic nitrogens is 2. The topological polar surface area (TPSA) is 102 Å². The van der Waals surface area contributed by atoms with E-state index in [1.807, 2.05) is 6.92 Å². The molecule has 2 aromatic heterocycles. The second-order valence-electron chi connectivity index (χ2n) is 6.83. The highest BCUT2D eigenvalue weighted by molar-refractivity contribution is 5.76. The Morgan fingerprint density at radius 2 is 2.38 bits per heavy atom. The number of carbonyl (C=O) groups excluding carboxylic acids is 1. The van der Waals surface area contributed by atoms with Crippen LogP contribution in [-0.4, -0.2) is 58.5 Å². The van der Waals surface area contributed by atoms with E-state index in [9.17, 15) is 9.90 Å². The Labute approximate surface area is 152 Å². The van der Waals surface area contributed by atoms with Gasteiger partial charge in [0.2, 0.25) is 17.6 Å². The monoisotopic (exact) mass is 363 g/mol. The third kappa shape index (κ3) is 4.13. The lowest BCUT2D eigenvalue weighted by molar-refractivity contribution is -0.140. The highest BCUT2D eigenvalue weighted by Crippen LogP contribution is 2.31. The van der Waals surface area contributed by atoms with E-state index in [1.165, 1.54) is 0 Å². The fraction of sp³-hybridized carbons (Fsp3) is 0.611. The summed E-state index contributed by atoms with van der Waals surface area (Å²) in [6.07, 6.45) is 3.37. The molecule has 0 radical (unpaired) electrons. The Morgan fingerprint density at radius 1 is 1.54 bits per heavy atom. The van der Waals surface area contributed by atoms with Crippen LogP contribution in [0.4, 0.5) is 0 Å². The Kier molecular flexibility index (Phi) is 5.73. The van der Waals surface area contributed by atoms with Crippen molar-refractivity contribution in [3.8, 4) is 11.6 Å². The van der Waals surface area contributed by atoms with Gasteiger partial charge in [0.25, 0.3) is 0 Å². The summed E-state index contributed by atoms with van der Waals surface area (Å²) in [6.45, 7) is 3.58. The van der Waals surface area contributed by atoms with Crippen molar-refractivity contribution in [2.24, 2.45) is 5.92 Å². The second kappa shape index (κ2) is 8.01. The highest BCUT2D eigenvalue weighted by atomic mass is 16.5. The molecule has 2 aromatic rings. The van der Waals surface area contributed by atoms with Crippen LogP contribution in [0.1, 0.15) is 32.1 Å². The van der Waals surface area contributed by atoms with Crippen LogP contribution in [0.3, 0.4) is 0 Å². The zero-order chi connectivity index (χ0) is 18.6. The number of hydrogen-bond donors (Lipinski definition) is 1. The molecule has 0 aliphatic carbocycles. The van der Waals surface area contributed by atoms with E-state index in [2.05, 4.69) is 10.1 Å². The molecule has 1 aliphatic rings.